The van der Waals surface area contributed by atoms with Gasteiger partial charge in [-0.25, -0.2) is 9.97 Å². The lowest BCUT2D eigenvalue weighted by Crippen LogP contribution is -2.01. The topological polar surface area (TPSA) is 43.6 Å². The Balaban J connectivity index is 2.48. The first-order valence-electron chi connectivity index (χ1n) is 5.33. The fourth-order valence-corrected chi connectivity index (χ4v) is 2.21. The van der Waals surface area contributed by atoms with E-state index in [0.717, 1.165) is 27.8 Å². The zero-order valence-corrected chi connectivity index (χ0v) is 12.5. The summed E-state index contributed by atoms with van der Waals surface area (Å²) in [4.78, 5) is 8.80. The van der Waals surface area contributed by atoms with E-state index in [0.29, 0.717) is 11.0 Å². The van der Waals surface area contributed by atoms with Crippen LogP contribution in [0.25, 0.3) is 11.5 Å². The quantitative estimate of drug-likeness (QED) is 0.622. The number of nitrogens with zero attached hydrogens (tertiary/aromatic N) is 4. The lowest BCUT2D eigenvalue weighted by molar-refractivity contribution is 0.767. The van der Waals surface area contributed by atoms with Crippen LogP contribution in [0.15, 0.2) is 12.3 Å². The van der Waals surface area contributed by atoms with E-state index in [1.54, 1.807) is 4.68 Å². The number of aromatic nitrogens is 4. The molecule has 2 heterocycles. The first-order valence-corrected chi connectivity index (χ1v) is 6.79. The molecule has 0 aromatic carbocycles. The van der Waals surface area contributed by atoms with Gasteiger partial charge in [-0.1, -0.05) is 24.9 Å². The van der Waals surface area contributed by atoms with Crippen molar-refractivity contribution in [3.63, 3.8) is 0 Å². The lowest BCUT2D eigenvalue weighted by Gasteiger charge is -2.05. The first kappa shape index (κ1) is 12.8. The molecule has 0 fully saturated rings. The fourth-order valence-electron chi connectivity index (χ4n) is 1.51. The lowest BCUT2D eigenvalue weighted by atomic mass is 10.2. The molecular formula is C11H12ClIN4. The third kappa shape index (κ3) is 2.77. The third-order valence-corrected chi connectivity index (χ3v) is 4.03. The molecule has 0 amide bonds. The largest absolute Gasteiger partial charge is 0.275 e. The Labute approximate surface area is 119 Å². The summed E-state index contributed by atoms with van der Waals surface area (Å²) in [5.74, 6) is 0.597. The van der Waals surface area contributed by atoms with E-state index in [9.17, 15) is 0 Å². The predicted octanol–water partition coefficient (Wildman–Crippen LogP) is 3.09. The van der Waals surface area contributed by atoms with Crippen molar-refractivity contribution in [1.82, 2.24) is 19.7 Å². The van der Waals surface area contributed by atoms with Gasteiger partial charge in [-0.15, -0.1) is 0 Å². The average Bonchev–Trinajstić information content (AvgIpc) is 2.71. The zero-order chi connectivity index (χ0) is 12.4. The molecule has 0 aliphatic rings. The zero-order valence-electron chi connectivity index (χ0n) is 9.61. The van der Waals surface area contributed by atoms with E-state index in [1.807, 2.05) is 19.3 Å². The molecule has 90 valence electrons. The molecule has 0 aliphatic heterocycles. The minimum Gasteiger partial charge on any atom is -0.275 e. The van der Waals surface area contributed by atoms with E-state index in [4.69, 9.17) is 11.6 Å². The van der Waals surface area contributed by atoms with Gasteiger partial charge in [0.15, 0.2) is 5.82 Å². The second kappa shape index (κ2) is 5.30. The van der Waals surface area contributed by atoms with Crippen LogP contribution in [0.1, 0.15) is 19.0 Å². The van der Waals surface area contributed by atoms with Crippen molar-refractivity contribution < 1.29 is 0 Å². The van der Waals surface area contributed by atoms with Crippen molar-refractivity contribution in [2.75, 3.05) is 0 Å². The van der Waals surface area contributed by atoms with Crippen LogP contribution < -0.4 is 0 Å². The van der Waals surface area contributed by atoms with Gasteiger partial charge in [0.05, 0.1) is 9.26 Å². The normalized spacial score (nSPS) is 10.8. The summed E-state index contributed by atoms with van der Waals surface area (Å²) in [5.41, 5.74) is 1.75. The van der Waals surface area contributed by atoms with Gasteiger partial charge in [-0.05, 0) is 35.1 Å². The van der Waals surface area contributed by atoms with E-state index in [2.05, 4.69) is 44.6 Å². The molecule has 0 radical (unpaired) electrons. The van der Waals surface area contributed by atoms with Crippen LogP contribution >= 0.6 is 34.2 Å². The van der Waals surface area contributed by atoms with E-state index < -0.39 is 0 Å². The van der Waals surface area contributed by atoms with Crippen LogP contribution in [0.3, 0.4) is 0 Å². The Morgan fingerprint density at radius 1 is 1.41 bits per heavy atom. The summed E-state index contributed by atoms with van der Waals surface area (Å²) in [6.07, 6.45) is 3.80. The summed E-state index contributed by atoms with van der Waals surface area (Å²) in [7, 11) is 1.87. The van der Waals surface area contributed by atoms with Crippen LogP contribution in [-0.2, 0) is 13.5 Å². The first-order chi connectivity index (χ1) is 8.11. The van der Waals surface area contributed by atoms with E-state index >= 15 is 0 Å². The van der Waals surface area contributed by atoms with E-state index in [1.165, 1.54) is 0 Å². The second-order valence-corrected chi connectivity index (χ2v) is 5.16. The highest BCUT2D eigenvalue weighted by Crippen LogP contribution is 2.23. The molecule has 0 saturated heterocycles. The molecule has 2 aromatic rings. The van der Waals surface area contributed by atoms with Crippen molar-refractivity contribution in [3.8, 4) is 11.5 Å². The smallest absolute Gasteiger partial charge is 0.181 e. The highest BCUT2D eigenvalue weighted by molar-refractivity contribution is 14.1. The molecule has 0 bridgehead atoms. The maximum absolute atomic E-state index is 6.12. The second-order valence-electron chi connectivity index (χ2n) is 3.72. The number of hydrogen-bond donors (Lipinski definition) is 0. The third-order valence-electron chi connectivity index (χ3n) is 2.31. The molecule has 17 heavy (non-hydrogen) atoms. The van der Waals surface area contributed by atoms with Gasteiger partial charge in [0.25, 0.3) is 0 Å². The van der Waals surface area contributed by atoms with Crippen LogP contribution in [0.5, 0.6) is 0 Å². The van der Waals surface area contributed by atoms with Crippen molar-refractivity contribution in [2.45, 2.75) is 19.8 Å². The predicted molar refractivity (Wildman–Crippen MR) is 76.0 cm³/mol. The highest BCUT2D eigenvalue weighted by atomic mass is 127. The van der Waals surface area contributed by atoms with Gasteiger partial charge in [0, 0.05) is 13.2 Å². The van der Waals surface area contributed by atoms with Crippen LogP contribution in [0, 0.1) is 3.57 Å². The molecule has 2 rings (SSSR count). The molecule has 2 aromatic heterocycles. The Kier molecular flexibility index (Phi) is 3.98. The number of rotatable bonds is 3. The maximum Gasteiger partial charge on any atom is 0.181 e. The summed E-state index contributed by atoms with van der Waals surface area (Å²) in [6, 6.07) is 1.88. The van der Waals surface area contributed by atoms with Crippen LogP contribution in [0.4, 0.5) is 0 Å². The molecule has 0 N–H and O–H groups in total. The molecule has 0 unspecified atom stereocenters. The van der Waals surface area contributed by atoms with Gasteiger partial charge in [-0.3, -0.25) is 4.68 Å². The highest BCUT2D eigenvalue weighted by Gasteiger charge is 2.12. The minimum atomic E-state index is 0.504. The Morgan fingerprint density at radius 3 is 2.76 bits per heavy atom. The van der Waals surface area contributed by atoms with Crippen LogP contribution in [0.2, 0.25) is 5.15 Å². The van der Waals surface area contributed by atoms with Gasteiger partial charge in [0.2, 0.25) is 0 Å². The summed E-state index contributed by atoms with van der Waals surface area (Å²) < 4.78 is 2.66. The van der Waals surface area contributed by atoms with Crippen molar-refractivity contribution in [1.29, 1.82) is 0 Å². The average molecular weight is 363 g/mol. The summed E-state index contributed by atoms with van der Waals surface area (Å²) in [6.45, 7) is 2.12. The Bertz CT molecular complexity index is 538. The number of aryl methyl sites for hydroxylation is 2. The Hall–Kier alpha value is -0.690. The molecule has 6 heteroatoms. The molecule has 0 atom stereocenters. The Morgan fingerprint density at radius 2 is 2.18 bits per heavy atom. The molecular weight excluding hydrogens is 351 g/mol. The number of halogens is 2. The molecule has 0 aliphatic carbocycles. The van der Waals surface area contributed by atoms with Gasteiger partial charge in [-0.2, -0.15) is 5.10 Å². The fraction of sp³-hybridized carbons (Fsp3) is 0.364. The van der Waals surface area contributed by atoms with Gasteiger partial charge >= 0.3 is 0 Å². The SMILES string of the molecule is CCCc1nc(-c2ccn(C)n2)nc(Cl)c1I. The standard InChI is InChI=1S/C11H12ClIN4/c1-3-4-7-9(13)10(12)15-11(14-7)8-5-6-17(2)16-8/h5-6H,3-4H2,1-2H3. The van der Waals surface area contributed by atoms with Crippen molar-refractivity contribution >= 4 is 34.2 Å². The monoisotopic (exact) mass is 362 g/mol. The summed E-state index contributed by atoms with van der Waals surface area (Å²) >= 11 is 8.31. The van der Waals surface area contributed by atoms with Gasteiger partial charge < -0.3 is 0 Å². The van der Waals surface area contributed by atoms with E-state index in [-0.39, 0.29) is 0 Å². The molecule has 0 spiro atoms. The molecule has 4 nitrogen and oxygen atoms in total. The summed E-state index contributed by atoms with van der Waals surface area (Å²) in [5, 5.41) is 4.79. The molecule has 0 saturated carbocycles. The maximum atomic E-state index is 6.12. The number of hydrogen-bond acceptors (Lipinski definition) is 3. The van der Waals surface area contributed by atoms with Crippen LogP contribution in [-0.4, -0.2) is 19.7 Å². The van der Waals surface area contributed by atoms with Crippen molar-refractivity contribution in [3.05, 3.63) is 26.7 Å². The van der Waals surface area contributed by atoms with Crippen molar-refractivity contribution in [2.24, 2.45) is 7.05 Å². The minimum absolute atomic E-state index is 0.504. The van der Waals surface area contributed by atoms with Gasteiger partial charge in [0.1, 0.15) is 10.8 Å².